The number of aromatic carboxylic acids is 1. The molecule has 0 spiro atoms. The van der Waals surface area contributed by atoms with E-state index in [-0.39, 0.29) is 17.0 Å². The number of hydrogen-bond acceptors (Lipinski definition) is 10. The monoisotopic (exact) mass is 659 g/mol. The first-order valence-electron chi connectivity index (χ1n) is 14.2. The molecule has 0 bridgehead atoms. The van der Waals surface area contributed by atoms with Crippen molar-refractivity contribution in [2.24, 2.45) is 20.5 Å². The van der Waals surface area contributed by atoms with Crippen LogP contribution in [0.25, 0.3) is 21.9 Å². The van der Waals surface area contributed by atoms with E-state index in [1.165, 1.54) is 24.3 Å². The summed E-state index contributed by atoms with van der Waals surface area (Å²) in [5, 5.41) is 50.2. The number of benzene rings is 6. The predicted molar refractivity (Wildman–Crippen MR) is 180 cm³/mol. The summed E-state index contributed by atoms with van der Waals surface area (Å²) >= 11 is 0. The minimum absolute atomic E-state index is 0.268. The summed E-state index contributed by atoms with van der Waals surface area (Å²) in [6, 6.07) is 33.5. The molecule has 0 aliphatic rings. The summed E-state index contributed by atoms with van der Waals surface area (Å²) in [6.07, 6.45) is 0. The van der Waals surface area contributed by atoms with Gasteiger partial charge in [0.2, 0.25) is 0 Å². The maximum absolute atomic E-state index is 12.2. The summed E-state index contributed by atoms with van der Waals surface area (Å²) < 4.78 is 34.4. The van der Waals surface area contributed by atoms with E-state index < -0.39 is 32.4 Å². The number of aromatic hydroxyl groups is 2. The average Bonchev–Trinajstić information content (AvgIpc) is 3.08. The Morgan fingerprint density at radius 1 is 0.625 bits per heavy atom. The van der Waals surface area contributed by atoms with Crippen molar-refractivity contribution in [3.8, 4) is 22.6 Å². The van der Waals surface area contributed by atoms with Crippen molar-refractivity contribution >= 4 is 61.0 Å². The third kappa shape index (κ3) is 7.02. The minimum atomic E-state index is -4.76. The van der Waals surface area contributed by atoms with Crippen LogP contribution in [0.5, 0.6) is 11.5 Å². The molecule has 0 radical (unpaired) electrons. The molecule has 12 nitrogen and oxygen atoms in total. The number of anilines is 2. The van der Waals surface area contributed by atoms with Crippen molar-refractivity contribution in [1.82, 2.24) is 0 Å². The van der Waals surface area contributed by atoms with Crippen LogP contribution in [0.3, 0.4) is 0 Å². The number of para-hydroxylation sites is 1. The molecule has 13 heteroatoms. The molecule has 0 heterocycles. The van der Waals surface area contributed by atoms with Gasteiger partial charge in [-0.15, -0.1) is 5.11 Å². The van der Waals surface area contributed by atoms with E-state index in [4.69, 9.17) is 5.11 Å². The van der Waals surface area contributed by atoms with Gasteiger partial charge in [-0.3, -0.25) is 4.55 Å². The van der Waals surface area contributed by atoms with Crippen molar-refractivity contribution in [1.29, 1.82) is 0 Å². The number of carboxylic acids is 1. The van der Waals surface area contributed by atoms with Crippen LogP contribution in [-0.4, -0.2) is 34.3 Å². The molecule has 6 aromatic carbocycles. The molecule has 0 unspecified atom stereocenters. The quantitative estimate of drug-likeness (QED) is 0.0747. The highest BCUT2D eigenvalue weighted by molar-refractivity contribution is 7.86. The molecule has 6 aromatic rings. The van der Waals surface area contributed by atoms with E-state index in [1.54, 1.807) is 54.6 Å². The van der Waals surface area contributed by atoms with E-state index in [0.29, 0.717) is 27.8 Å². The lowest BCUT2D eigenvalue weighted by Crippen LogP contribution is -1.99. The smallest absolute Gasteiger partial charge is 0.339 e. The summed E-state index contributed by atoms with van der Waals surface area (Å²) in [7, 11) is -4.76. The van der Waals surface area contributed by atoms with Crippen molar-refractivity contribution < 1.29 is 33.1 Å². The topological polar surface area (TPSA) is 194 Å². The maximum Gasteiger partial charge on any atom is 0.339 e. The SMILES string of the molecule is O=C(O)c1cc(N=Nc2ccc(-c3ccc(N=Nc4c(S(=O)(=O)O)cc5ccc(Nc6ccccc6)cc5c4O)cc3)cc2)ccc1O. The summed E-state index contributed by atoms with van der Waals surface area (Å²) in [5.74, 6) is -2.09. The highest BCUT2D eigenvalue weighted by Gasteiger charge is 2.22. The Balaban J connectivity index is 1.22. The van der Waals surface area contributed by atoms with E-state index in [0.717, 1.165) is 16.8 Å². The molecule has 48 heavy (non-hydrogen) atoms. The number of carbonyl (C=O) groups is 1. The van der Waals surface area contributed by atoms with Gasteiger partial charge in [-0.05, 0) is 89.3 Å². The standard InChI is InChI=1S/C35H25N5O7S/c41-31-17-16-28(20-30(31)35(43)44)39-37-25-11-6-21(7-12-25)22-8-13-26(14-9-22)38-40-33-32(48(45,46)47)18-23-10-15-27(19-29(23)34(33)42)36-24-4-2-1-3-5-24/h1-20,36,41-42H,(H,43,44)(H,45,46,47). The molecular formula is C35H25N5O7S. The maximum atomic E-state index is 12.2. The fourth-order valence-electron chi connectivity index (χ4n) is 4.82. The lowest BCUT2D eigenvalue weighted by atomic mass is 10.1. The minimum Gasteiger partial charge on any atom is -0.507 e. The van der Waals surface area contributed by atoms with Crippen LogP contribution in [-0.2, 0) is 10.1 Å². The van der Waals surface area contributed by atoms with Crippen LogP contribution in [0.15, 0.2) is 147 Å². The number of nitrogens with zero attached hydrogens (tertiary/aromatic N) is 4. The zero-order chi connectivity index (χ0) is 33.8. The van der Waals surface area contributed by atoms with Crippen molar-refractivity contribution in [3.63, 3.8) is 0 Å². The first-order chi connectivity index (χ1) is 23.0. The summed E-state index contributed by atoms with van der Waals surface area (Å²) in [6.45, 7) is 0. The number of phenolic OH excluding ortho intramolecular Hbond substituents is 1. The Morgan fingerprint density at radius 3 is 1.81 bits per heavy atom. The number of rotatable bonds is 9. The number of azo groups is 2. The van der Waals surface area contributed by atoms with Crippen molar-refractivity contribution in [2.45, 2.75) is 4.90 Å². The molecule has 0 fully saturated rings. The van der Waals surface area contributed by atoms with Crippen LogP contribution in [0, 0.1) is 0 Å². The highest BCUT2D eigenvalue weighted by Crippen LogP contribution is 2.42. The second-order valence-corrected chi connectivity index (χ2v) is 11.9. The Bertz CT molecular complexity index is 2330. The third-order valence-electron chi connectivity index (χ3n) is 7.22. The largest absolute Gasteiger partial charge is 0.507 e. The number of fused-ring (bicyclic) bond motifs is 1. The molecule has 0 aliphatic heterocycles. The molecule has 0 atom stereocenters. The Hall–Kier alpha value is -6.44. The normalized spacial score (nSPS) is 11.8. The molecule has 238 valence electrons. The number of hydrogen-bond donors (Lipinski definition) is 5. The molecule has 6 rings (SSSR count). The van der Waals surface area contributed by atoms with Crippen LogP contribution in [0.2, 0.25) is 0 Å². The fourth-order valence-corrected chi connectivity index (χ4v) is 5.48. The van der Waals surface area contributed by atoms with Gasteiger partial charge in [0.1, 0.15) is 21.9 Å². The van der Waals surface area contributed by atoms with Gasteiger partial charge in [0, 0.05) is 16.8 Å². The van der Waals surface area contributed by atoms with Crippen LogP contribution in [0.4, 0.5) is 34.1 Å². The molecule has 0 saturated heterocycles. The fraction of sp³-hybridized carbons (Fsp3) is 0. The van der Waals surface area contributed by atoms with Crippen LogP contribution >= 0.6 is 0 Å². The van der Waals surface area contributed by atoms with Gasteiger partial charge in [0.05, 0.1) is 17.1 Å². The average molecular weight is 660 g/mol. The van der Waals surface area contributed by atoms with Gasteiger partial charge in [-0.2, -0.15) is 23.8 Å². The van der Waals surface area contributed by atoms with E-state index >= 15 is 0 Å². The van der Waals surface area contributed by atoms with Gasteiger partial charge < -0.3 is 20.6 Å². The lowest BCUT2D eigenvalue weighted by molar-refractivity contribution is 0.0693. The molecule has 0 aliphatic carbocycles. The first-order valence-corrected chi connectivity index (χ1v) is 15.7. The molecule has 5 N–H and O–H groups in total. The zero-order valence-corrected chi connectivity index (χ0v) is 25.6. The molecule has 0 saturated carbocycles. The van der Waals surface area contributed by atoms with Crippen molar-refractivity contribution in [2.75, 3.05) is 5.32 Å². The van der Waals surface area contributed by atoms with Gasteiger partial charge in [0.15, 0.2) is 5.75 Å². The number of carboxylic acid groups (broad SMARTS) is 1. The van der Waals surface area contributed by atoms with E-state index in [9.17, 15) is 28.0 Å². The third-order valence-corrected chi connectivity index (χ3v) is 8.08. The second-order valence-electron chi connectivity index (χ2n) is 10.5. The van der Waals surface area contributed by atoms with E-state index in [2.05, 4.69) is 25.8 Å². The Morgan fingerprint density at radius 2 is 1.21 bits per heavy atom. The van der Waals surface area contributed by atoms with Gasteiger partial charge in [0.25, 0.3) is 10.1 Å². The zero-order valence-electron chi connectivity index (χ0n) is 24.8. The molecule has 0 aromatic heterocycles. The predicted octanol–water partition coefficient (Wildman–Crippen LogP) is 9.44. The lowest BCUT2D eigenvalue weighted by Gasteiger charge is -2.11. The first kappa shape index (κ1) is 31.5. The Kier molecular flexibility index (Phi) is 8.62. The van der Waals surface area contributed by atoms with E-state index in [1.807, 2.05) is 42.5 Å². The number of phenols is 2. The summed E-state index contributed by atoms with van der Waals surface area (Å²) in [5.41, 5.74) is 3.60. The van der Waals surface area contributed by atoms with Crippen molar-refractivity contribution in [3.05, 3.63) is 127 Å². The second kappa shape index (κ2) is 13.1. The van der Waals surface area contributed by atoms with Gasteiger partial charge in [-0.1, -0.05) is 48.5 Å². The van der Waals surface area contributed by atoms with Gasteiger partial charge in [-0.25, -0.2) is 4.79 Å². The van der Waals surface area contributed by atoms with Crippen LogP contribution in [0.1, 0.15) is 10.4 Å². The highest BCUT2D eigenvalue weighted by atomic mass is 32.2. The van der Waals surface area contributed by atoms with Crippen LogP contribution < -0.4 is 5.32 Å². The van der Waals surface area contributed by atoms with Gasteiger partial charge >= 0.3 is 5.97 Å². The Labute approximate surface area is 273 Å². The number of nitrogens with one attached hydrogen (secondary N) is 1. The summed E-state index contributed by atoms with van der Waals surface area (Å²) in [4.78, 5) is 10.6. The molecular weight excluding hydrogens is 634 g/mol. The molecule has 0 amide bonds.